The fourth-order valence-electron chi connectivity index (χ4n) is 4.57. The summed E-state index contributed by atoms with van der Waals surface area (Å²) in [5.74, 6) is -4.62. The highest BCUT2D eigenvalue weighted by Crippen LogP contribution is 2.35. The molecular weight excluding hydrogens is 508 g/mol. The van der Waals surface area contributed by atoms with E-state index in [9.17, 15) is 34.2 Å². The molecule has 1 aliphatic rings. The summed E-state index contributed by atoms with van der Waals surface area (Å²) in [4.78, 5) is 64.0. The first kappa shape index (κ1) is 31.7. The quantitative estimate of drug-likeness (QED) is 0.295. The number of aliphatic hydroxyl groups excluding tert-OH is 1. The fraction of sp³-hybridized carbons (Fsp3) is 0.607. The molecule has 3 N–H and O–H groups in total. The van der Waals surface area contributed by atoms with Gasteiger partial charge in [-0.15, -0.1) is 0 Å². The van der Waals surface area contributed by atoms with Crippen molar-refractivity contribution in [2.24, 2.45) is 17.3 Å². The maximum atomic E-state index is 13.6. The van der Waals surface area contributed by atoms with E-state index in [0.717, 1.165) is 0 Å². The van der Waals surface area contributed by atoms with Crippen molar-refractivity contribution in [3.63, 3.8) is 0 Å². The van der Waals surface area contributed by atoms with Gasteiger partial charge in [0.15, 0.2) is 5.78 Å². The van der Waals surface area contributed by atoms with Gasteiger partial charge in [0.1, 0.15) is 11.5 Å². The van der Waals surface area contributed by atoms with Crippen LogP contribution in [0.4, 0.5) is 10.5 Å². The van der Waals surface area contributed by atoms with Crippen LogP contribution in [0, 0.1) is 17.3 Å². The summed E-state index contributed by atoms with van der Waals surface area (Å²) in [6, 6.07) is 5.61. The number of nitrogens with one attached hydrogen (secondary N) is 1. The number of carbonyl (C=O) groups is 5. The van der Waals surface area contributed by atoms with Crippen LogP contribution in [0.25, 0.3) is 0 Å². The number of rotatable bonds is 10. The Morgan fingerprint density at radius 1 is 1.13 bits per heavy atom. The van der Waals surface area contributed by atoms with Gasteiger partial charge in [0, 0.05) is 18.5 Å². The number of ether oxygens (including phenoxy) is 2. The minimum atomic E-state index is -1.23. The van der Waals surface area contributed by atoms with E-state index in [4.69, 9.17) is 9.47 Å². The van der Waals surface area contributed by atoms with Crippen LogP contribution in [0.5, 0.6) is 0 Å². The molecule has 2 rings (SSSR count). The molecule has 1 aromatic rings. The van der Waals surface area contributed by atoms with E-state index in [1.807, 2.05) is 0 Å². The first-order valence-electron chi connectivity index (χ1n) is 12.9. The Hall–Kier alpha value is -3.47. The number of Topliss-reactive ketones (excluding diaryl/α,β-unsaturated/α-hetero) is 1. The van der Waals surface area contributed by atoms with Crippen molar-refractivity contribution < 1.29 is 43.7 Å². The molecule has 4 atom stereocenters. The average Bonchev–Trinajstić information content (AvgIpc) is 2.81. The number of amides is 2. The van der Waals surface area contributed by atoms with Crippen molar-refractivity contribution in [3.8, 4) is 0 Å². The molecule has 0 aromatic heterocycles. The number of alkyl carbamates (subject to hydrolysis) is 1. The number of carboxylic acid groups (broad SMARTS) is 1. The summed E-state index contributed by atoms with van der Waals surface area (Å²) in [5, 5.41) is 22.8. The van der Waals surface area contributed by atoms with Gasteiger partial charge in [0.05, 0.1) is 30.9 Å². The first-order valence-corrected chi connectivity index (χ1v) is 12.9. The molecule has 2 amide bonds. The van der Waals surface area contributed by atoms with Gasteiger partial charge in [-0.1, -0.05) is 32.9 Å². The van der Waals surface area contributed by atoms with Crippen LogP contribution >= 0.6 is 0 Å². The monoisotopic (exact) mass is 548 g/mol. The number of para-hydroxylation sites is 1. The van der Waals surface area contributed by atoms with Gasteiger partial charge in [-0.05, 0) is 51.2 Å². The van der Waals surface area contributed by atoms with Crippen LogP contribution in [-0.2, 0) is 23.9 Å². The topological polar surface area (TPSA) is 160 Å². The number of methoxy groups -OCH3 is 1. The van der Waals surface area contributed by atoms with Crippen LogP contribution in [0.2, 0.25) is 0 Å². The Bertz CT molecular complexity index is 1090. The molecule has 1 heterocycles. The van der Waals surface area contributed by atoms with Gasteiger partial charge >= 0.3 is 18.0 Å². The molecule has 1 aliphatic heterocycles. The highest BCUT2D eigenvalue weighted by Gasteiger charge is 2.41. The summed E-state index contributed by atoms with van der Waals surface area (Å²) in [6.45, 7) is 9.91. The maximum Gasteiger partial charge on any atom is 0.407 e. The number of ketones is 1. The average molecular weight is 549 g/mol. The first-order chi connectivity index (χ1) is 18.0. The van der Waals surface area contributed by atoms with Crippen LogP contribution in [0.1, 0.15) is 71.2 Å². The normalized spacial score (nSPS) is 17.9. The Kier molecular flexibility index (Phi) is 10.2. The summed E-state index contributed by atoms with van der Waals surface area (Å²) in [7, 11) is 1.18. The molecule has 0 bridgehead atoms. The summed E-state index contributed by atoms with van der Waals surface area (Å²) < 4.78 is 10.1. The highest BCUT2D eigenvalue weighted by atomic mass is 16.6. The lowest BCUT2D eigenvalue weighted by atomic mass is 9.79. The zero-order chi connectivity index (χ0) is 29.7. The predicted octanol–water partition coefficient (Wildman–Crippen LogP) is 3.18. The smallest absolute Gasteiger partial charge is 0.407 e. The number of aliphatic carboxylic acids is 1. The Balaban J connectivity index is 2.28. The minimum absolute atomic E-state index is 0.0584. The molecule has 11 nitrogen and oxygen atoms in total. The van der Waals surface area contributed by atoms with E-state index in [1.54, 1.807) is 58.9 Å². The molecule has 0 spiro atoms. The second-order valence-electron chi connectivity index (χ2n) is 11.8. The van der Waals surface area contributed by atoms with Crippen molar-refractivity contribution in [2.75, 3.05) is 18.6 Å². The molecule has 0 saturated heterocycles. The Morgan fingerprint density at radius 3 is 2.31 bits per heavy atom. The molecular formula is C28H40N2O9. The third kappa shape index (κ3) is 8.77. The number of carboxylic acids is 1. The SMILES string of the molecule is COC(=O)[C@@H]1CN(C(=O)CC(C)(C)C[C@H](NC(=O)OC(C)(C)C)[C@@H](O)C[C@@H](C)C(=O)O)c2ccccc2C1=O. The molecule has 0 radical (unpaired) electrons. The summed E-state index contributed by atoms with van der Waals surface area (Å²) in [5.41, 5.74) is -0.967. The fourth-order valence-corrected chi connectivity index (χ4v) is 4.57. The number of benzene rings is 1. The molecule has 0 aliphatic carbocycles. The molecule has 39 heavy (non-hydrogen) atoms. The molecule has 1 aromatic carbocycles. The number of anilines is 1. The number of esters is 1. The largest absolute Gasteiger partial charge is 0.481 e. The molecule has 216 valence electrons. The highest BCUT2D eigenvalue weighted by molar-refractivity contribution is 6.16. The lowest BCUT2D eigenvalue weighted by molar-refractivity contribution is -0.144. The van der Waals surface area contributed by atoms with Crippen LogP contribution in [0.15, 0.2) is 24.3 Å². The Morgan fingerprint density at radius 2 is 1.74 bits per heavy atom. The van der Waals surface area contributed by atoms with Gasteiger partial charge < -0.3 is 29.9 Å². The zero-order valence-electron chi connectivity index (χ0n) is 23.6. The number of carbonyl (C=O) groups excluding carboxylic acids is 4. The molecule has 0 unspecified atom stereocenters. The third-order valence-corrected chi connectivity index (χ3v) is 6.51. The maximum absolute atomic E-state index is 13.6. The van der Waals surface area contributed by atoms with Crippen molar-refractivity contribution in [2.45, 2.75) is 78.6 Å². The lowest BCUT2D eigenvalue weighted by Crippen LogP contribution is -2.50. The van der Waals surface area contributed by atoms with E-state index in [2.05, 4.69) is 5.32 Å². The van der Waals surface area contributed by atoms with E-state index < -0.39 is 58.8 Å². The van der Waals surface area contributed by atoms with Crippen LogP contribution < -0.4 is 10.2 Å². The van der Waals surface area contributed by atoms with Gasteiger partial charge in [0.2, 0.25) is 5.91 Å². The minimum Gasteiger partial charge on any atom is -0.481 e. The molecule has 11 heteroatoms. The number of nitrogens with zero attached hydrogens (tertiary/aromatic N) is 1. The standard InChI is InChI=1S/C28H40N2O9/c1-16(24(34)35)12-21(31)19(29-26(37)39-27(2,3)4)13-28(5,6)14-22(32)30-15-18(25(36)38-7)23(33)17-10-8-9-11-20(17)30/h8-11,16,18-19,21,31H,12-15H2,1-7H3,(H,29,37)(H,34,35)/t16-,18-,19+,21+/m1/s1. The molecule has 0 fully saturated rings. The van der Waals surface area contributed by atoms with E-state index >= 15 is 0 Å². The van der Waals surface area contributed by atoms with Gasteiger partial charge in [-0.25, -0.2) is 4.79 Å². The number of hydrogen-bond acceptors (Lipinski definition) is 8. The third-order valence-electron chi connectivity index (χ3n) is 6.51. The van der Waals surface area contributed by atoms with Gasteiger partial charge in [-0.3, -0.25) is 19.2 Å². The van der Waals surface area contributed by atoms with Crippen molar-refractivity contribution in [1.82, 2.24) is 5.32 Å². The van der Waals surface area contributed by atoms with E-state index in [1.165, 1.54) is 18.9 Å². The predicted molar refractivity (Wildman–Crippen MR) is 142 cm³/mol. The van der Waals surface area contributed by atoms with E-state index in [0.29, 0.717) is 5.69 Å². The van der Waals surface area contributed by atoms with Gasteiger partial charge in [0.25, 0.3) is 0 Å². The second-order valence-corrected chi connectivity index (χ2v) is 11.8. The number of fused-ring (bicyclic) bond motifs is 1. The number of aliphatic hydroxyl groups is 1. The second kappa shape index (κ2) is 12.6. The van der Waals surface area contributed by atoms with Crippen molar-refractivity contribution >= 4 is 35.4 Å². The Labute approximate surface area is 228 Å². The number of hydrogen-bond donors (Lipinski definition) is 3. The zero-order valence-corrected chi connectivity index (χ0v) is 23.6. The van der Waals surface area contributed by atoms with Gasteiger partial charge in [-0.2, -0.15) is 0 Å². The summed E-state index contributed by atoms with van der Waals surface area (Å²) >= 11 is 0. The molecule has 0 saturated carbocycles. The van der Waals surface area contributed by atoms with Crippen molar-refractivity contribution in [3.05, 3.63) is 29.8 Å². The van der Waals surface area contributed by atoms with Crippen LogP contribution in [-0.4, -0.2) is 71.3 Å². The van der Waals surface area contributed by atoms with Crippen LogP contribution in [0.3, 0.4) is 0 Å². The van der Waals surface area contributed by atoms with E-state index in [-0.39, 0.29) is 37.3 Å². The van der Waals surface area contributed by atoms with Crippen molar-refractivity contribution in [1.29, 1.82) is 0 Å². The lowest BCUT2D eigenvalue weighted by Gasteiger charge is -2.37. The summed E-state index contributed by atoms with van der Waals surface area (Å²) in [6.07, 6.45) is -2.07.